The minimum Gasteiger partial charge on any atom is -0.481 e. The van der Waals surface area contributed by atoms with Crippen molar-refractivity contribution in [2.24, 2.45) is 7.05 Å². The summed E-state index contributed by atoms with van der Waals surface area (Å²) in [5.74, 6) is -2.73. The second kappa shape index (κ2) is 5.85. The first-order valence-electron chi connectivity index (χ1n) is 5.32. The average molecular weight is 270 g/mol. The summed E-state index contributed by atoms with van der Waals surface area (Å²) in [6, 6.07) is -2.29. The predicted octanol–water partition coefficient (Wildman–Crippen LogP) is -0.222. The van der Waals surface area contributed by atoms with Crippen molar-refractivity contribution in [2.45, 2.75) is 19.4 Å². The first-order chi connectivity index (χ1) is 8.79. The lowest BCUT2D eigenvalue weighted by atomic mass is 10.2. The number of aryl methyl sites for hydroxylation is 2. The number of amides is 2. The second-order valence-electron chi connectivity index (χ2n) is 3.89. The van der Waals surface area contributed by atoms with Crippen molar-refractivity contribution in [2.75, 3.05) is 5.32 Å². The number of carboxylic acid groups (broad SMARTS) is 2. The summed E-state index contributed by atoms with van der Waals surface area (Å²) < 4.78 is 1.48. The molecule has 9 nitrogen and oxygen atoms in total. The zero-order chi connectivity index (χ0) is 14.6. The molecule has 0 bridgehead atoms. The smallest absolute Gasteiger partial charge is 0.326 e. The van der Waals surface area contributed by atoms with Crippen LogP contribution in [0.15, 0.2) is 6.20 Å². The zero-order valence-corrected chi connectivity index (χ0v) is 10.4. The van der Waals surface area contributed by atoms with Crippen LogP contribution < -0.4 is 10.6 Å². The molecule has 0 aromatic carbocycles. The number of urea groups is 1. The van der Waals surface area contributed by atoms with Crippen LogP contribution in [0.5, 0.6) is 0 Å². The number of rotatable bonds is 5. The highest BCUT2D eigenvalue weighted by Gasteiger charge is 2.23. The Bertz CT molecular complexity index is 510. The zero-order valence-electron chi connectivity index (χ0n) is 10.4. The van der Waals surface area contributed by atoms with Gasteiger partial charge in [-0.3, -0.25) is 9.48 Å². The van der Waals surface area contributed by atoms with E-state index in [1.165, 1.54) is 4.68 Å². The number of hydrogen-bond donors (Lipinski definition) is 4. The van der Waals surface area contributed by atoms with E-state index in [-0.39, 0.29) is 0 Å². The van der Waals surface area contributed by atoms with Crippen LogP contribution >= 0.6 is 0 Å². The first kappa shape index (κ1) is 14.5. The van der Waals surface area contributed by atoms with Gasteiger partial charge in [0.1, 0.15) is 6.04 Å². The topological polar surface area (TPSA) is 134 Å². The van der Waals surface area contributed by atoms with Gasteiger partial charge < -0.3 is 20.8 Å². The maximum Gasteiger partial charge on any atom is 0.326 e. The van der Waals surface area contributed by atoms with E-state index < -0.39 is 30.4 Å². The molecule has 0 saturated carbocycles. The second-order valence-corrected chi connectivity index (χ2v) is 3.89. The van der Waals surface area contributed by atoms with Gasteiger partial charge in [0.15, 0.2) is 0 Å². The van der Waals surface area contributed by atoms with Gasteiger partial charge in [-0.25, -0.2) is 9.59 Å². The summed E-state index contributed by atoms with van der Waals surface area (Å²) in [6.07, 6.45) is 0.844. The fraction of sp³-hybridized carbons (Fsp3) is 0.400. The molecule has 1 aromatic rings. The van der Waals surface area contributed by atoms with Gasteiger partial charge in [0.05, 0.1) is 17.8 Å². The first-order valence-corrected chi connectivity index (χ1v) is 5.32. The molecule has 2 amide bonds. The van der Waals surface area contributed by atoms with Crippen molar-refractivity contribution < 1.29 is 24.6 Å². The molecule has 0 radical (unpaired) electrons. The van der Waals surface area contributed by atoms with Crippen molar-refractivity contribution in [1.82, 2.24) is 15.1 Å². The quantitative estimate of drug-likeness (QED) is 0.584. The molecule has 4 N–H and O–H groups in total. The van der Waals surface area contributed by atoms with Gasteiger partial charge >= 0.3 is 18.0 Å². The maximum atomic E-state index is 11.6. The lowest BCUT2D eigenvalue weighted by molar-refractivity contribution is -0.145. The maximum absolute atomic E-state index is 11.6. The van der Waals surface area contributed by atoms with Gasteiger partial charge in [-0.1, -0.05) is 0 Å². The summed E-state index contributed by atoms with van der Waals surface area (Å²) in [5, 5.41) is 25.8. The highest BCUT2D eigenvalue weighted by Crippen LogP contribution is 2.10. The number of nitrogens with one attached hydrogen (secondary N) is 2. The van der Waals surface area contributed by atoms with Crippen LogP contribution in [0.4, 0.5) is 10.5 Å². The van der Waals surface area contributed by atoms with E-state index in [4.69, 9.17) is 10.2 Å². The van der Waals surface area contributed by atoms with E-state index in [0.29, 0.717) is 11.4 Å². The Morgan fingerprint density at radius 1 is 1.42 bits per heavy atom. The van der Waals surface area contributed by atoms with Crippen LogP contribution in [0, 0.1) is 6.92 Å². The predicted molar refractivity (Wildman–Crippen MR) is 63.8 cm³/mol. The third-order valence-corrected chi connectivity index (χ3v) is 2.24. The Morgan fingerprint density at radius 3 is 2.47 bits per heavy atom. The normalized spacial score (nSPS) is 11.7. The standard InChI is InChI=1S/C10H14N4O5/c1-5-7(4-14(2)13-5)12-10(19)11-6(9(17)18)3-8(15)16/h4,6H,3H2,1-2H3,(H,15,16)(H,17,18)(H2,11,12,19)/t6-/m1/s1. The Morgan fingerprint density at radius 2 is 2.05 bits per heavy atom. The highest BCUT2D eigenvalue weighted by molar-refractivity contribution is 5.93. The van der Waals surface area contributed by atoms with E-state index in [9.17, 15) is 14.4 Å². The molecule has 1 rings (SSSR count). The lowest BCUT2D eigenvalue weighted by Gasteiger charge is -2.12. The highest BCUT2D eigenvalue weighted by atomic mass is 16.4. The minimum absolute atomic E-state index is 0.416. The Hall–Kier alpha value is -2.58. The molecule has 0 aliphatic rings. The molecule has 0 unspecified atom stereocenters. The molecule has 104 valence electrons. The van der Waals surface area contributed by atoms with Crippen LogP contribution in [0.2, 0.25) is 0 Å². The fourth-order valence-corrected chi connectivity index (χ4v) is 1.41. The summed E-state index contributed by atoms with van der Waals surface area (Å²) in [4.78, 5) is 32.8. The lowest BCUT2D eigenvalue weighted by Crippen LogP contribution is -2.44. The molecule has 0 aliphatic heterocycles. The van der Waals surface area contributed by atoms with Crippen LogP contribution in [0.3, 0.4) is 0 Å². The molecule has 0 aliphatic carbocycles. The van der Waals surface area contributed by atoms with E-state index in [2.05, 4.69) is 15.7 Å². The van der Waals surface area contributed by atoms with Crippen LogP contribution in [-0.2, 0) is 16.6 Å². The molecular weight excluding hydrogens is 256 g/mol. The third kappa shape index (κ3) is 4.30. The van der Waals surface area contributed by atoms with Gasteiger partial charge in [0, 0.05) is 13.2 Å². The number of anilines is 1. The fourth-order valence-electron chi connectivity index (χ4n) is 1.41. The summed E-state index contributed by atoms with van der Waals surface area (Å²) in [5.41, 5.74) is 0.974. The molecule has 0 saturated heterocycles. The molecule has 0 fully saturated rings. The summed E-state index contributed by atoms with van der Waals surface area (Å²) in [7, 11) is 1.67. The minimum atomic E-state index is -1.49. The summed E-state index contributed by atoms with van der Waals surface area (Å²) >= 11 is 0. The SMILES string of the molecule is Cc1nn(C)cc1NC(=O)N[C@H](CC(=O)O)C(=O)O. The van der Waals surface area contributed by atoms with Crippen LogP contribution in [0.1, 0.15) is 12.1 Å². The molecule has 0 spiro atoms. The molecule has 9 heteroatoms. The van der Waals surface area contributed by atoms with Gasteiger partial charge in [-0.15, -0.1) is 0 Å². The Labute approximate surface area is 108 Å². The van der Waals surface area contributed by atoms with Crippen LogP contribution in [0.25, 0.3) is 0 Å². The monoisotopic (exact) mass is 270 g/mol. The Kier molecular flexibility index (Phi) is 4.46. The number of nitrogens with zero attached hydrogens (tertiary/aromatic N) is 2. The third-order valence-electron chi connectivity index (χ3n) is 2.24. The number of carboxylic acids is 2. The summed E-state index contributed by atoms with van der Waals surface area (Å²) in [6.45, 7) is 1.67. The Balaban J connectivity index is 2.65. The number of carbonyl (C=O) groups excluding carboxylic acids is 1. The van der Waals surface area contributed by atoms with E-state index in [0.717, 1.165) is 0 Å². The molecule has 19 heavy (non-hydrogen) atoms. The van der Waals surface area contributed by atoms with Gasteiger partial charge in [-0.05, 0) is 6.92 Å². The molecule has 1 aromatic heterocycles. The molecular formula is C10H14N4O5. The average Bonchev–Trinajstić information content (AvgIpc) is 2.55. The van der Waals surface area contributed by atoms with Gasteiger partial charge in [-0.2, -0.15) is 5.10 Å². The van der Waals surface area contributed by atoms with Gasteiger partial charge in [0.2, 0.25) is 0 Å². The molecule has 1 atom stereocenters. The van der Waals surface area contributed by atoms with Crippen LogP contribution in [-0.4, -0.2) is 44.0 Å². The van der Waals surface area contributed by atoms with Crippen molar-refractivity contribution in [1.29, 1.82) is 0 Å². The van der Waals surface area contributed by atoms with Gasteiger partial charge in [0.25, 0.3) is 0 Å². The number of carbonyl (C=O) groups is 3. The number of aliphatic carboxylic acids is 2. The van der Waals surface area contributed by atoms with E-state index >= 15 is 0 Å². The molecule has 1 heterocycles. The van der Waals surface area contributed by atoms with Crippen molar-refractivity contribution >= 4 is 23.7 Å². The van der Waals surface area contributed by atoms with Crippen molar-refractivity contribution in [3.05, 3.63) is 11.9 Å². The van der Waals surface area contributed by atoms with E-state index in [1.54, 1.807) is 20.2 Å². The number of aromatic nitrogens is 2. The van der Waals surface area contributed by atoms with Crippen molar-refractivity contribution in [3.8, 4) is 0 Å². The number of hydrogen-bond acceptors (Lipinski definition) is 4. The van der Waals surface area contributed by atoms with E-state index in [1.807, 2.05) is 0 Å². The van der Waals surface area contributed by atoms with Crippen molar-refractivity contribution in [3.63, 3.8) is 0 Å². The largest absolute Gasteiger partial charge is 0.481 e.